The van der Waals surface area contributed by atoms with Gasteiger partial charge in [-0.1, -0.05) is 0 Å². The van der Waals surface area contributed by atoms with E-state index in [1.54, 1.807) is 0 Å². The number of hydrogen-bond donors (Lipinski definition) is 1. The summed E-state index contributed by atoms with van der Waals surface area (Å²) < 4.78 is 5.68. The molecular weight excluding hydrogens is 176 g/mol. The van der Waals surface area contributed by atoms with Gasteiger partial charge >= 0.3 is 0 Å². The minimum atomic E-state index is 0.0123. The van der Waals surface area contributed by atoms with Crippen molar-refractivity contribution in [3.8, 4) is 0 Å². The molecule has 14 heavy (non-hydrogen) atoms. The molecule has 1 saturated carbocycles. The van der Waals surface area contributed by atoms with E-state index in [1.165, 1.54) is 19.3 Å². The molecule has 1 aliphatic carbocycles. The summed E-state index contributed by atoms with van der Waals surface area (Å²) in [5.74, 6) is 0. The van der Waals surface area contributed by atoms with Crippen molar-refractivity contribution in [1.29, 1.82) is 0 Å². The normalized spacial score (nSPS) is 31.1. The number of nitrogens with two attached hydrogens (primary N) is 1. The van der Waals surface area contributed by atoms with Crippen LogP contribution < -0.4 is 5.73 Å². The molecule has 2 N–H and O–H groups in total. The maximum atomic E-state index is 6.24. The third-order valence-electron chi connectivity index (χ3n) is 3.39. The van der Waals surface area contributed by atoms with Crippen molar-refractivity contribution in [3.63, 3.8) is 0 Å². The molecule has 2 fully saturated rings. The third kappa shape index (κ3) is 2.27. The van der Waals surface area contributed by atoms with Gasteiger partial charge in [0.15, 0.2) is 0 Å². The molecule has 1 aliphatic heterocycles. The smallest absolute Gasteiger partial charge is 0.0753 e. The van der Waals surface area contributed by atoms with E-state index in [0.717, 1.165) is 26.2 Å². The molecule has 1 saturated heterocycles. The minimum absolute atomic E-state index is 0.0123. The summed E-state index contributed by atoms with van der Waals surface area (Å²) in [6.45, 7) is 8.28. The van der Waals surface area contributed by atoms with Gasteiger partial charge in [-0.25, -0.2) is 0 Å². The number of ether oxygens (including phenoxy) is 1. The van der Waals surface area contributed by atoms with Crippen LogP contribution in [0, 0.1) is 0 Å². The number of nitrogens with zero attached hydrogens (tertiary/aromatic N) is 1. The molecule has 2 rings (SSSR count). The molecule has 0 amide bonds. The summed E-state index contributed by atoms with van der Waals surface area (Å²) >= 11 is 0. The maximum absolute atomic E-state index is 6.24. The molecule has 0 aromatic heterocycles. The Morgan fingerprint density at radius 3 is 2.57 bits per heavy atom. The Hall–Kier alpha value is -0.120. The van der Waals surface area contributed by atoms with Crippen molar-refractivity contribution in [2.24, 2.45) is 5.73 Å². The van der Waals surface area contributed by atoms with Crippen LogP contribution >= 0.6 is 0 Å². The van der Waals surface area contributed by atoms with E-state index in [-0.39, 0.29) is 11.1 Å². The van der Waals surface area contributed by atoms with Crippen LogP contribution in [0.15, 0.2) is 0 Å². The zero-order valence-electron chi connectivity index (χ0n) is 9.38. The topological polar surface area (TPSA) is 38.5 Å². The van der Waals surface area contributed by atoms with Crippen molar-refractivity contribution in [2.45, 2.75) is 44.2 Å². The second-order valence-corrected chi connectivity index (χ2v) is 5.53. The van der Waals surface area contributed by atoms with Gasteiger partial charge in [-0.05, 0) is 33.1 Å². The first kappa shape index (κ1) is 10.4. The molecule has 0 spiro atoms. The Morgan fingerprint density at radius 1 is 1.36 bits per heavy atom. The Morgan fingerprint density at radius 2 is 2.07 bits per heavy atom. The summed E-state index contributed by atoms with van der Waals surface area (Å²) in [7, 11) is 0. The lowest BCUT2D eigenvalue weighted by Gasteiger charge is -2.46. The van der Waals surface area contributed by atoms with E-state index < -0.39 is 0 Å². The number of rotatable bonds is 2. The van der Waals surface area contributed by atoms with Gasteiger partial charge in [0.2, 0.25) is 0 Å². The molecule has 0 atom stereocenters. The molecular formula is C11H22N2O. The van der Waals surface area contributed by atoms with Crippen molar-refractivity contribution in [2.75, 3.05) is 26.2 Å². The van der Waals surface area contributed by atoms with Crippen LogP contribution in [0.5, 0.6) is 0 Å². The minimum Gasteiger partial charge on any atom is -0.373 e. The number of morpholine rings is 1. The Bertz CT molecular complexity index is 211. The maximum Gasteiger partial charge on any atom is 0.0753 e. The fraction of sp³-hybridized carbons (Fsp3) is 1.00. The third-order valence-corrected chi connectivity index (χ3v) is 3.39. The fourth-order valence-corrected chi connectivity index (χ4v) is 2.48. The quantitative estimate of drug-likeness (QED) is 0.719. The van der Waals surface area contributed by atoms with Crippen molar-refractivity contribution in [3.05, 3.63) is 0 Å². The van der Waals surface area contributed by atoms with Crippen molar-refractivity contribution >= 4 is 0 Å². The zero-order valence-corrected chi connectivity index (χ0v) is 9.38. The van der Waals surface area contributed by atoms with Crippen LogP contribution in [0.25, 0.3) is 0 Å². The van der Waals surface area contributed by atoms with Crippen molar-refractivity contribution in [1.82, 2.24) is 4.90 Å². The van der Waals surface area contributed by atoms with Crippen LogP contribution in [0.2, 0.25) is 0 Å². The lowest BCUT2D eigenvalue weighted by atomic mass is 9.77. The highest BCUT2D eigenvalue weighted by Gasteiger charge is 2.37. The summed E-state index contributed by atoms with van der Waals surface area (Å²) in [6, 6.07) is 0. The van der Waals surface area contributed by atoms with Crippen LogP contribution in [0.4, 0.5) is 0 Å². The molecule has 1 heterocycles. The molecule has 3 nitrogen and oxygen atoms in total. The first-order chi connectivity index (χ1) is 6.49. The van der Waals surface area contributed by atoms with Crippen LogP contribution in [0.1, 0.15) is 33.1 Å². The van der Waals surface area contributed by atoms with E-state index in [2.05, 4.69) is 18.7 Å². The average Bonchev–Trinajstić information content (AvgIpc) is 1.99. The van der Waals surface area contributed by atoms with Gasteiger partial charge in [0.05, 0.1) is 12.2 Å². The predicted octanol–water partition coefficient (Wildman–Crippen LogP) is 0.979. The summed E-state index contributed by atoms with van der Waals surface area (Å²) in [5.41, 5.74) is 6.37. The Kier molecular flexibility index (Phi) is 2.58. The molecule has 82 valence electrons. The first-order valence-corrected chi connectivity index (χ1v) is 5.64. The average molecular weight is 198 g/mol. The Balaban J connectivity index is 1.86. The molecule has 2 aliphatic rings. The standard InChI is InChI=1S/C11H22N2O/c1-10(2)8-13(6-7-14-10)9-11(12)4-3-5-11/h3-9,12H2,1-2H3. The van der Waals surface area contributed by atoms with Crippen LogP contribution in [-0.4, -0.2) is 42.3 Å². The van der Waals surface area contributed by atoms with E-state index in [0.29, 0.717) is 0 Å². The summed E-state index contributed by atoms with van der Waals surface area (Å²) in [5, 5.41) is 0. The molecule has 0 aromatic rings. The summed E-state index contributed by atoms with van der Waals surface area (Å²) in [6.07, 6.45) is 3.71. The van der Waals surface area contributed by atoms with Gasteiger partial charge in [-0.2, -0.15) is 0 Å². The van der Waals surface area contributed by atoms with E-state index in [1.807, 2.05) is 0 Å². The summed E-state index contributed by atoms with van der Waals surface area (Å²) in [4.78, 5) is 2.46. The molecule has 0 radical (unpaired) electrons. The highest BCUT2D eigenvalue weighted by atomic mass is 16.5. The largest absolute Gasteiger partial charge is 0.373 e. The van der Waals surface area contributed by atoms with Gasteiger partial charge in [0.25, 0.3) is 0 Å². The van der Waals surface area contributed by atoms with E-state index in [9.17, 15) is 0 Å². The monoisotopic (exact) mass is 198 g/mol. The van der Waals surface area contributed by atoms with E-state index in [4.69, 9.17) is 10.5 Å². The predicted molar refractivity (Wildman–Crippen MR) is 57.2 cm³/mol. The van der Waals surface area contributed by atoms with Crippen molar-refractivity contribution < 1.29 is 4.74 Å². The molecule has 0 bridgehead atoms. The molecule has 3 heteroatoms. The van der Waals surface area contributed by atoms with Crippen LogP contribution in [-0.2, 0) is 4.74 Å². The highest BCUT2D eigenvalue weighted by molar-refractivity contribution is 4.96. The van der Waals surface area contributed by atoms with Gasteiger partial charge in [0.1, 0.15) is 0 Å². The fourth-order valence-electron chi connectivity index (χ4n) is 2.48. The lowest BCUT2D eigenvalue weighted by molar-refractivity contribution is -0.0927. The number of hydrogen-bond acceptors (Lipinski definition) is 3. The lowest BCUT2D eigenvalue weighted by Crippen LogP contribution is -2.59. The zero-order chi connectivity index (χ0) is 10.2. The van der Waals surface area contributed by atoms with Gasteiger partial charge in [-0.15, -0.1) is 0 Å². The second kappa shape index (κ2) is 3.47. The molecule has 0 unspecified atom stereocenters. The van der Waals surface area contributed by atoms with Gasteiger partial charge < -0.3 is 10.5 Å². The van der Waals surface area contributed by atoms with Gasteiger partial charge in [0, 0.05) is 25.2 Å². The highest BCUT2D eigenvalue weighted by Crippen LogP contribution is 2.31. The Labute approximate surface area is 86.6 Å². The molecule has 0 aromatic carbocycles. The van der Waals surface area contributed by atoms with Gasteiger partial charge in [-0.3, -0.25) is 4.90 Å². The first-order valence-electron chi connectivity index (χ1n) is 5.64. The van der Waals surface area contributed by atoms with E-state index >= 15 is 0 Å². The SMILES string of the molecule is CC1(C)CN(CC2(N)CCC2)CCO1. The van der Waals surface area contributed by atoms with Crippen LogP contribution in [0.3, 0.4) is 0 Å². The second-order valence-electron chi connectivity index (χ2n) is 5.53.